The Labute approximate surface area is 137 Å². The van der Waals surface area contributed by atoms with Gasteiger partial charge in [-0.2, -0.15) is 0 Å². The van der Waals surface area contributed by atoms with Crippen molar-refractivity contribution in [3.63, 3.8) is 0 Å². The van der Waals surface area contributed by atoms with Crippen molar-refractivity contribution in [2.24, 2.45) is 0 Å². The quantitative estimate of drug-likeness (QED) is 0.776. The largest absolute Gasteiger partial charge is 0.464 e. The third kappa shape index (κ3) is 3.91. The van der Waals surface area contributed by atoms with Gasteiger partial charge in [-0.15, -0.1) is 0 Å². The molecule has 0 fully saturated rings. The predicted octanol–water partition coefficient (Wildman–Crippen LogP) is 3.88. The van der Waals surface area contributed by atoms with Crippen LogP contribution in [-0.4, -0.2) is 24.2 Å². The molecule has 0 aliphatic heterocycles. The van der Waals surface area contributed by atoms with Crippen LogP contribution < -0.4 is 0 Å². The van der Waals surface area contributed by atoms with Crippen LogP contribution in [0.4, 0.5) is 13.2 Å². The molecule has 2 aromatic rings. The van der Waals surface area contributed by atoms with E-state index in [-0.39, 0.29) is 24.0 Å². The molecule has 1 heterocycles. The molecule has 1 aromatic heterocycles. The van der Waals surface area contributed by atoms with Gasteiger partial charge < -0.3 is 9.47 Å². The molecule has 0 aliphatic carbocycles. The van der Waals surface area contributed by atoms with Crippen molar-refractivity contribution >= 4 is 5.97 Å². The lowest BCUT2D eigenvalue weighted by Gasteiger charge is -2.11. The van der Waals surface area contributed by atoms with Crippen LogP contribution in [0.15, 0.2) is 24.3 Å². The van der Waals surface area contributed by atoms with Gasteiger partial charge in [0.05, 0.1) is 25.4 Å². The van der Waals surface area contributed by atoms with E-state index in [9.17, 15) is 18.0 Å². The third-order valence-electron chi connectivity index (χ3n) is 3.16. The number of hydrogen-bond donors (Lipinski definition) is 0. The average molecular weight is 339 g/mol. The van der Waals surface area contributed by atoms with Gasteiger partial charge in [0.2, 0.25) is 0 Å². The normalized spacial score (nSPS) is 11.0. The standard InChI is InChI=1S/C17H16F3NO3/c1-9(2)24-8-10-6-12(19)15(13(20)7-10)16-11(18)4-5-14(21-16)17(22)23-3/h4-7,9H,8H2,1-3H3. The molecule has 0 bridgehead atoms. The number of ether oxygens (including phenoxy) is 2. The number of methoxy groups -OCH3 is 1. The lowest BCUT2D eigenvalue weighted by molar-refractivity contribution is 0.0594. The number of aromatic nitrogens is 1. The number of benzene rings is 1. The summed E-state index contributed by atoms with van der Waals surface area (Å²) in [6.45, 7) is 3.60. The number of nitrogens with zero attached hydrogens (tertiary/aromatic N) is 1. The highest BCUT2D eigenvalue weighted by molar-refractivity contribution is 5.87. The third-order valence-corrected chi connectivity index (χ3v) is 3.16. The molecule has 0 N–H and O–H groups in total. The van der Waals surface area contributed by atoms with Crippen LogP contribution in [0.3, 0.4) is 0 Å². The van der Waals surface area contributed by atoms with Crippen LogP contribution in [0.1, 0.15) is 29.9 Å². The minimum Gasteiger partial charge on any atom is -0.464 e. The number of hydrogen-bond acceptors (Lipinski definition) is 4. The SMILES string of the molecule is COC(=O)c1ccc(F)c(-c2c(F)cc(COC(C)C)cc2F)n1. The maximum Gasteiger partial charge on any atom is 0.356 e. The number of rotatable bonds is 5. The second-order valence-corrected chi connectivity index (χ2v) is 5.31. The van der Waals surface area contributed by atoms with Crippen molar-refractivity contribution in [2.75, 3.05) is 7.11 Å². The van der Waals surface area contributed by atoms with E-state index in [4.69, 9.17) is 4.74 Å². The van der Waals surface area contributed by atoms with Crippen molar-refractivity contribution in [2.45, 2.75) is 26.6 Å². The van der Waals surface area contributed by atoms with Gasteiger partial charge in [-0.1, -0.05) is 0 Å². The van der Waals surface area contributed by atoms with Crippen LogP contribution in [0.5, 0.6) is 0 Å². The van der Waals surface area contributed by atoms with Crippen molar-refractivity contribution in [1.82, 2.24) is 4.98 Å². The summed E-state index contributed by atoms with van der Waals surface area (Å²) in [4.78, 5) is 15.1. The maximum atomic E-state index is 14.3. The minimum absolute atomic E-state index is 0.0178. The van der Waals surface area contributed by atoms with Gasteiger partial charge in [0.1, 0.15) is 28.8 Å². The van der Waals surface area contributed by atoms with Crippen molar-refractivity contribution in [3.8, 4) is 11.3 Å². The van der Waals surface area contributed by atoms with Gasteiger partial charge in [0, 0.05) is 0 Å². The Morgan fingerprint density at radius 2 is 1.75 bits per heavy atom. The molecule has 0 unspecified atom stereocenters. The van der Waals surface area contributed by atoms with Crippen LogP contribution >= 0.6 is 0 Å². The number of carbonyl (C=O) groups is 1. The molecule has 0 aliphatic rings. The van der Waals surface area contributed by atoms with Gasteiger partial charge in [-0.05, 0) is 43.7 Å². The summed E-state index contributed by atoms with van der Waals surface area (Å²) in [5.41, 5.74) is -1.22. The molecule has 0 saturated heterocycles. The molecular weight excluding hydrogens is 323 g/mol. The van der Waals surface area contributed by atoms with Gasteiger partial charge in [0.15, 0.2) is 0 Å². The summed E-state index contributed by atoms with van der Waals surface area (Å²) in [6, 6.07) is 4.08. The van der Waals surface area contributed by atoms with Crippen LogP contribution in [0, 0.1) is 17.5 Å². The molecule has 128 valence electrons. The first kappa shape index (κ1) is 17.9. The van der Waals surface area contributed by atoms with Gasteiger partial charge >= 0.3 is 5.97 Å². The van der Waals surface area contributed by atoms with E-state index in [1.54, 1.807) is 13.8 Å². The van der Waals surface area contributed by atoms with E-state index < -0.39 is 34.7 Å². The Morgan fingerprint density at radius 1 is 1.12 bits per heavy atom. The molecule has 1 aromatic carbocycles. The predicted molar refractivity (Wildman–Crippen MR) is 80.8 cm³/mol. The second kappa shape index (κ2) is 7.44. The molecule has 0 amide bonds. The lowest BCUT2D eigenvalue weighted by atomic mass is 10.1. The van der Waals surface area contributed by atoms with E-state index in [0.717, 1.165) is 31.4 Å². The molecule has 4 nitrogen and oxygen atoms in total. The summed E-state index contributed by atoms with van der Waals surface area (Å²) in [5, 5.41) is 0. The minimum atomic E-state index is -0.995. The summed E-state index contributed by atoms with van der Waals surface area (Å²) < 4.78 is 52.3. The van der Waals surface area contributed by atoms with Crippen molar-refractivity contribution in [1.29, 1.82) is 0 Å². The fraction of sp³-hybridized carbons (Fsp3) is 0.294. The van der Waals surface area contributed by atoms with E-state index in [1.165, 1.54) is 0 Å². The summed E-state index contributed by atoms with van der Waals surface area (Å²) >= 11 is 0. The molecular formula is C17H16F3NO3. The molecule has 7 heteroatoms. The van der Waals surface area contributed by atoms with Gasteiger partial charge in [-0.3, -0.25) is 0 Å². The molecule has 2 rings (SSSR count). The Morgan fingerprint density at radius 3 is 2.29 bits per heavy atom. The van der Waals surface area contributed by atoms with E-state index in [1.807, 2.05) is 0 Å². The van der Waals surface area contributed by atoms with E-state index >= 15 is 0 Å². The van der Waals surface area contributed by atoms with E-state index in [0.29, 0.717) is 0 Å². The molecule has 0 atom stereocenters. The average Bonchev–Trinajstić information content (AvgIpc) is 2.53. The number of halogens is 3. The molecule has 24 heavy (non-hydrogen) atoms. The molecule has 0 saturated carbocycles. The number of carbonyl (C=O) groups excluding carboxylic acids is 1. The highest BCUT2D eigenvalue weighted by atomic mass is 19.1. The van der Waals surface area contributed by atoms with Gasteiger partial charge in [0.25, 0.3) is 0 Å². The summed E-state index contributed by atoms with van der Waals surface area (Å²) in [6.07, 6.45) is -0.105. The smallest absolute Gasteiger partial charge is 0.356 e. The highest BCUT2D eigenvalue weighted by Crippen LogP contribution is 2.28. The molecule has 0 radical (unpaired) electrons. The maximum absolute atomic E-state index is 14.3. The van der Waals surface area contributed by atoms with E-state index in [2.05, 4.69) is 9.72 Å². The zero-order chi connectivity index (χ0) is 17.9. The first-order valence-electron chi connectivity index (χ1n) is 7.18. The first-order chi connectivity index (χ1) is 11.3. The van der Waals surface area contributed by atoms with Crippen LogP contribution in [0.25, 0.3) is 11.3 Å². The Balaban J connectivity index is 2.47. The Bertz CT molecular complexity index is 740. The van der Waals surface area contributed by atoms with Crippen LogP contribution in [0.2, 0.25) is 0 Å². The summed E-state index contributed by atoms with van der Waals surface area (Å²) in [5.74, 6) is -3.78. The molecule has 0 spiro atoms. The van der Waals surface area contributed by atoms with Crippen molar-refractivity contribution < 1.29 is 27.4 Å². The monoisotopic (exact) mass is 339 g/mol. The Hall–Kier alpha value is -2.41. The van der Waals surface area contributed by atoms with Crippen molar-refractivity contribution in [3.05, 3.63) is 53.0 Å². The second-order valence-electron chi connectivity index (χ2n) is 5.31. The lowest BCUT2D eigenvalue weighted by Crippen LogP contribution is -2.08. The first-order valence-corrected chi connectivity index (χ1v) is 7.18. The number of pyridine rings is 1. The zero-order valence-corrected chi connectivity index (χ0v) is 13.4. The van der Waals surface area contributed by atoms with Crippen LogP contribution in [-0.2, 0) is 16.1 Å². The number of esters is 1. The zero-order valence-electron chi connectivity index (χ0n) is 13.4. The highest BCUT2D eigenvalue weighted by Gasteiger charge is 2.20. The van der Waals surface area contributed by atoms with Gasteiger partial charge in [-0.25, -0.2) is 22.9 Å². The fourth-order valence-electron chi connectivity index (χ4n) is 2.03. The fourth-order valence-corrected chi connectivity index (χ4v) is 2.03. The summed E-state index contributed by atoms with van der Waals surface area (Å²) in [7, 11) is 1.12. The Kier molecular flexibility index (Phi) is 5.56. The topological polar surface area (TPSA) is 48.4 Å².